The molecule has 70 valence electrons. The van der Waals surface area contributed by atoms with Gasteiger partial charge in [0.2, 0.25) is 5.91 Å². The van der Waals surface area contributed by atoms with E-state index in [-0.39, 0.29) is 11.9 Å². The molecular weight excluding hydrogens is 156 g/mol. The van der Waals surface area contributed by atoms with E-state index in [1.165, 1.54) is 0 Å². The van der Waals surface area contributed by atoms with Crippen molar-refractivity contribution < 1.29 is 9.53 Å². The van der Waals surface area contributed by atoms with Crippen LogP contribution in [-0.2, 0) is 9.53 Å². The van der Waals surface area contributed by atoms with Gasteiger partial charge in [0.15, 0.2) is 0 Å². The zero-order valence-electron chi connectivity index (χ0n) is 7.45. The maximum Gasteiger partial charge on any atom is 0.223 e. The molecule has 1 amide bonds. The van der Waals surface area contributed by atoms with E-state index in [1.54, 1.807) is 4.90 Å². The summed E-state index contributed by atoms with van der Waals surface area (Å²) in [7, 11) is 1.82. The van der Waals surface area contributed by atoms with E-state index in [2.05, 4.69) is 0 Å². The van der Waals surface area contributed by atoms with Gasteiger partial charge in [-0.2, -0.15) is 0 Å². The zero-order chi connectivity index (χ0) is 8.97. The number of rotatable bonds is 3. The Morgan fingerprint density at radius 2 is 2.50 bits per heavy atom. The monoisotopic (exact) mass is 172 g/mol. The topological polar surface area (TPSA) is 55.6 Å². The van der Waals surface area contributed by atoms with Crippen LogP contribution in [-0.4, -0.2) is 43.7 Å². The van der Waals surface area contributed by atoms with E-state index >= 15 is 0 Å². The molecule has 1 rings (SSSR count). The number of carbonyl (C=O) groups is 1. The maximum absolute atomic E-state index is 11.3. The van der Waals surface area contributed by atoms with Crippen LogP contribution in [0.2, 0.25) is 0 Å². The molecule has 0 bridgehead atoms. The molecule has 0 saturated carbocycles. The highest BCUT2D eigenvalue weighted by molar-refractivity contribution is 5.76. The fourth-order valence-corrected chi connectivity index (χ4v) is 1.33. The van der Waals surface area contributed by atoms with Crippen LogP contribution >= 0.6 is 0 Å². The van der Waals surface area contributed by atoms with Gasteiger partial charge in [-0.15, -0.1) is 0 Å². The molecule has 1 aliphatic heterocycles. The Bertz CT molecular complexity index is 155. The molecule has 1 atom stereocenters. The molecule has 2 N–H and O–H groups in total. The van der Waals surface area contributed by atoms with Gasteiger partial charge in [-0.05, 0) is 6.42 Å². The van der Waals surface area contributed by atoms with E-state index in [1.807, 2.05) is 7.05 Å². The predicted molar refractivity (Wildman–Crippen MR) is 45.7 cm³/mol. The summed E-state index contributed by atoms with van der Waals surface area (Å²) in [5, 5.41) is 0. The van der Waals surface area contributed by atoms with Gasteiger partial charge in [0, 0.05) is 26.6 Å². The SMILES string of the molecule is CN(C(=O)CCN)C1CCOC1. The van der Waals surface area contributed by atoms with Gasteiger partial charge in [0.05, 0.1) is 12.6 Å². The first-order valence-corrected chi connectivity index (χ1v) is 4.29. The normalized spacial score (nSPS) is 22.7. The average molecular weight is 172 g/mol. The molecule has 0 spiro atoms. The second kappa shape index (κ2) is 4.42. The first-order valence-electron chi connectivity index (χ1n) is 4.29. The second-order valence-corrected chi connectivity index (χ2v) is 3.06. The van der Waals surface area contributed by atoms with Gasteiger partial charge in [-0.3, -0.25) is 4.79 Å². The number of nitrogens with zero attached hydrogens (tertiary/aromatic N) is 1. The summed E-state index contributed by atoms with van der Waals surface area (Å²) in [6.07, 6.45) is 1.39. The number of ether oxygens (including phenoxy) is 1. The van der Waals surface area contributed by atoms with Crippen molar-refractivity contribution in [3.8, 4) is 0 Å². The van der Waals surface area contributed by atoms with Crippen LogP contribution < -0.4 is 5.73 Å². The first kappa shape index (κ1) is 9.48. The summed E-state index contributed by atoms with van der Waals surface area (Å²) >= 11 is 0. The standard InChI is InChI=1S/C8H16N2O2/c1-10(8(11)2-4-9)7-3-5-12-6-7/h7H,2-6,9H2,1H3. The lowest BCUT2D eigenvalue weighted by Gasteiger charge is -2.22. The third-order valence-electron chi connectivity index (χ3n) is 2.20. The van der Waals surface area contributed by atoms with E-state index < -0.39 is 0 Å². The van der Waals surface area contributed by atoms with Crippen LogP contribution in [0, 0.1) is 0 Å². The number of hydrogen-bond donors (Lipinski definition) is 1. The summed E-state index contributed by atoms with van der Waals surface area (Å²) in [6, 6.07) is 0.268. The lowest BCUT2D eigenvalue weighted by molar-refractivity contribution is -0.131. The molecule has 1 unspecified atom stereocenters. The Hall–Kier alpha value is -0.610. The van der Waals surface area contributed by atoms with E-state index in [9.17, 15) is 4.79 Å². The molecule has 4 nitrogen and oxygen atoms in total. The molecule has 12 heavy (non-hydrogen) atoms. The number of nitrogens with two attached hydrogens (primary N) is 1. The average Bonchev–Trinajstić information content (AvgIpc) is 2.55. The third kappa shape index (κ3) is 2.19. The van der Waals surface area contributed by atoms with Gasteiger partial charge in [-0.25, -0.2) is 0 Å². The molecule has 1 saturated heterocycles. The van der Waals surface area contributed by atoms with Crippen molar-refractivity contribution in [3.63, 3.8) is 0 Å². The second-order valence-electron chi connectivity index (χ2n) is 3.06. The van der Waals surface area contributed by atoms with Crippen molar-refractivity contribution >= 4 is 5.91 Å². The lowest BCUT2D eigenvalue weighted by Crippen LogP contribution is -2.38. The Balaban J connectivity index is 2.34. The van der Waals surface area contributed by atoms with Crippen LogP contribution in [0.15, 0.2) is 0 Å². The van der Waals surface area contributed by atoms with Crippen molar-refractivity contribution in [2.24, 2.45) is 5.73 Å². The summed E-state index contributed by atoms with van der Waals surface area (Å²) in [4.78, 5) is 13.1. The molecule has 0 aliphatic carbocycles. The molecule has 1 aliphatic rings. The van der Waals surface area contributed by atoms with E-state index in [4.69, 9.17) is 10.5 Å². The fraction of sp³-hybridized carbons (Fsp3) is 0.875. The van der Waals surface area contributed by atoms with Gasteiger partial charge < -0.3 is 15.4 Å². The summed E-state index contributed by atoms with van der Waals surface area (Å²) in [5.74, 6) is 0.119. The van der Waals surface area contributed by atoms with Crippen molar-refractivity contribution in [1.29, 1.82) is 0 Å². The molecule has 0 aromatic heterocycles. The maximum atomic E-state index is 11.3. The van der Waals surface area contributed by atoms with Crippen molar-refractivity contribution in [2.75, 3.05) is 26.8 Å². The molecular formula is C8H16N2O2. The Morgan fingerprint density at radius 3 is 3.00 bits per heavy atom. The Morgan fingerprint density at radius 1 is 1.75 bits per heavy atom. The summed E-state index contributed by atoms with van der Waals surface area (Å²) in [5.41, 5.74) is 5.29. The molecule has 1 heterocycles. The predicted octanol–water partition coefficient (Wildman–Crippen LogP) is -0.417. The fourth-order valence-electron chi connectivity index (χ4n) is 1.33. The van der Waals surface area contributed by atoms with Gasteiger partial charge in [-0.1, -0.05) is 0 Å². The van der Waals surface area contributed by atoms with E-state index in [0.29, 0.717) is 19.6 Å². The minimum Gasteiger partial charge on any atom is -0.379 e. The lowest BCUT2D eigenvalue weighted by atomic mass is 10.2. The largest absolute Gasteiger partial charge is 0.379 e. The first-order chi connectivity index (χ1) is 5.75. The van der Waals surface area contributed by atoms with Crippen LogP contribution in [0.4, 0.5) is 0 Å². The van der Waals surface area contributed by atoms with Crippen molar-refractivity contribution in [3.05, 3.63) is 0 Å². The third-order valence-corrected chi connectivity index (χ3v) is 2.20. The van der Waals surface area contributed by atoms with Crippen molar-refractivity contribution in [1.82, 2.24) is 4.90 Å². The minimum atomic E-state index is 0.119. The summed E-state index contributed by atoms with van der Waals surface area (Å²) < 4.78 is 5.18. The molecule has 4 heteroatoms. The highest BCUT2D eigenvalue weighted by Gasteiger charge is 2.23. The van der Waals surface area contributed by atoms with Crippen LogP contribution in [0.3, 0.4) is 0 Å². The molecule has 0 aromatic rings. The van der Waals surface area contributed by atoms with Crippen LogP contribution in [0.25, 0.3) is 0 Å². The van der Waals surface area contributed by atoms with Crippen LogP contribution in [0.5, 0.6) is 0 Å². The molecule has 1 fully saturated rings. The van der Waals surface area contributed by atoms with Gasteiger partial charge in [0.25, 0.3) is 0 Å². The summed E-state index contributed by atoms with van der Waals surface area (Å²) in [6.45, 7) is 1.87. The van der Waals surface area contributed by atoms with Gasteiger partial charge in [0.1, 0.15) is 0 Å². The highest BCUT2D eigenvalue weighted by atomic mass is 16.5. The number of likely N-dealkylation sites (N-methyl/N-ethyl adjacent to an activating group) is 1. The van der Waals surface area contributed by atoms with E-state index in [0.717, 1.165) is 13.0 Å². The highest BCUT2D eigenvalue weighted by Crippen LogP contribution is 2.10. The zero-order valence-corrected chi connectivity index (χ0v) is 7.45. The molecule has 0 aromatic carbocycles. The Labute approximate surface area is 72.7 Å². The Kier molecular flexibility index (Phi) is 3.49. The minimum absolute atomic E-state index is 0.119. The van der Waals surface area contributed by atoms with Crippen LogP contribution in [0.1, 0.15) is 12.8 Å². The number of amides is 1. The molecule has 0 radical (unpaired) electrons. The number of hydrogen-bond acceptors (Lipinski definition) is 3. The van der Waals surface area contributed by atoms with Gasteiger partial charge >= 0.3 is 0 Å². The quantitative estimate of drug-likeness (QED) is 0.629. The van der Waals surface area contributed by atoms with Crippen molar-refractivity contribution in [2.45, 2.75) is 18.9 Å². The number of carbonyl (C=O) groups excluding carboxylic acids is 1. The smallest absolute Gasteiger partial charge is 0.223 e.